The molecule has 3 heteroatoms. The van der Waals surface area contributed by atoms with Crippen LogP contribution in [-0.4, -0.2) is 0 Å². The molecule has 2 rings (SSSR count). The Kier molecular flexibility index (Phi) is 4.94. The molecule has 0 saturated heterocycles. The van der Waals surface area contributed by atoms with Crippen molar-refractivity contribution >= 4 is 0 Å². The molecular weight excluding hydrogens is 265 g/mol. The van der Waals surface area contributed by atoms with Gasteiger partial charge >= 0.3 is 0 Å². The minimum atomic E-state index is -0.415. The maximum atomic E-state index is 14.5. The fourth-order valence-electron chi connectivity index (χ4n) is 2.34. The van der Waals surface area contributed by atoms with Gasteiger partial charge in [0, 0.05) is 5.56 Å². The van der Waals surface area contributed by atoms with Gasteiger partial charge in [-0.2, -0.15) is 5.26 Å². The van der Waals surface area contributed by atoms with Gasteiger partial charge in [0.05, 0.1) is 11.6 Å². The lowest BCUT2D eigenvalue weighted by Crippen LogP contribution is -2.04. The molecule has 21 heavy (non-hydrogen) atoms. The number of nitriles is 1. The van der Waals surface area contributed by atoms with Crippen molar-refractivity contribution in [1.82, 2.24) is 0 Å². The van der Waals surface area contributed by atoms with Gasteiger partial charge in [-0.3, -0.25) is 0 Å². The second-order valence-electron chi connectivity index (χ2n) is 4.79. The number of halogens is 1. The highest BCUT2D eigenvalue weighted by Gasteiger charge is 2.17. The highest BCUT2D eigenvalue weighted by Crippen LogP contribution is 2.29. The molecule has 0 saturated carbocycles. The van der Waals surface area contributed by atoms with E-state index in [4.69, 9.17) is 4.74 Å². The fraction of sp³-hybridized carbons (Fsp3) is 0.278. The molecule has 2 aromatic carbocycles. The summed E-state index contributed by atoms with van der Waals surface area (Å²) < 4.78 is 20.1. The van der Waals surface area contributed by atoms with E-state index in [-0.39, 0.29) is 5.75 Å². The maximum absolute atomic E-state index is 14.5. The molecule has 0 bridgehead atoms. The molecule has 0 fully saturated rings. The zero-order valence-electron chi connectivity index (χ0n) is 12.3. The number of nitrogens with zero attached hydrogens (tertiary/aromatic N) is 1. The Labute approximate surface area is 124 Å². The van der Waals surface area contributed by atoms with Gasteiger partial charge in [-0.1, -0.05) is 44.2 Å². The first-order valence-electron chi connectivity index (χ1n) is 7.12. The topological polar surface area (TPSA) is 33.0 Å². The molecule has 0 spiro atoms. The molecule has 0 aliphatic carbocycles. The van der Waals surface area contributed by atoms with Crippen molar-refractivity contribution in [3.05, 3.63) is 64.5 Å². The van der Waals surface area contributed by atoms with E-state index in [0.29, 0.717) is 30.6 Å². The molecule has 2 aromatic rings. The van der Waals surface area contributed by atoms with Gasteiger partial charge < -0.3 is 4.74 Å². The molecule has 0 heterocycles. The van der Waals surface area contributed by atoms with Gasteiger partial charge in [0.15, 0.2) is 11.6 Å². The third-order valence-electron chi connectivity index (χ3n) is 3.49. The van der Waals surface area contributed by atoms with Gasteiger partial charge in [0.2, 0.25) is 0 Å². The molecule has 0 radical (unpaired) electrons. The predicted octanol–water partition coefficient (Wildman–Crippen LogP) is 4.40. The van der Waals surface area contributed by atoms with Crippen molar-refractivity contribution in [3.63, 3.8) is 0 Å². The minimum Gasteiger partial charge on any atom is -0.486 e. The third-order valence-corrected chi connectivity index (χ3v) is 3.49. The number of ether oxygens (including phenoxy) is 1. The van der Waals surface area contributed by atoms with E-state index in [0.717, 1.165) is 11.1 Å². The molecule has 0 aromatic heterocycles. The van der Waals surface area contributed by atoms with E-state index in [2.05, 4.69) is 6.07 Å². The number of aryl methyl sites for hydroxylation is 1. The Morgan fingerprint density at radius 3 is 2.43 bits per heavy atom. The molecule has 0 N–H and O–H groups in total. The van der Waals surface area contributed by atoms with Crippen molar-refractivity contribution < 1.29 is 9.13 Å². The molecular formula is C18H18FNO. The van der Waals surface area contributed by atoms with Crippen LogP contribution < -0.4 is 4.74 Å². The van der Waals surface area contributed by atoms with Crippen LogP contribution in [0.4, 0.5) is 4.39 Å². The highest BCUT2D eigenvalue weighted by molar-refractivity contribution is 5.50. The first-order chi connectivity index (χ1) is 10.2. The molecule has 0 amide bonds. The van der Waals surface area contributed by atoms with E-state index in [1.165, 1.54) is 0 Å². The monoisotopic (exact) mass is 283 g/mol. The first-order valence-corrected chi connectivity index (χ1v) is 7.12. The second kappa shape index (κ2) is 6.90. The third kappa shape index (κ3) is 3.22. The summed E-state index contributed by atoms with van der Waals surface area (Å²) >= 11 is 0. The van der Waals surface area contributed by atoms with Crippen LogP contribution in [-0.2, 0) is 19.4 Å². The highest BCUT2D eigenvalue weighted by atomic mass is 19.1. The zero-order chi connectivity index (χ0) is 15.2. The normalized spacial score (nSPS) is 10.2. The van der Waals surface area contributed by atoms with Crippen LogP contribution >= 0.6 is 0 Å². The van der Waals surface area contributed by atoms with Crippen LogP contribution in [0.2, 0.25) is 0 Å². The Morgan fingerprint density at radius 1 is 1.14 bits per heavy atom. The average molecular weight is 283 g/mol. The van der Waals surface area contributed by atoms with Gasteiger partial charge in [-0.25, -0.2) is 4.39 Å². The number of hydrogen-bond acceptors (Lipinski definition) is 2. The smallest absolute Gasteiger partial charge is 0.169 e. The van der Waals surface area contributed by atoms with E-state index in [9.17, 15) is 9.65 Å². The SMILES string of the molecule is CCc1cc(OCc2ccccc2)c(F)c(CC)c1C#N. The van der Waals surface area contributed by atoms with Crippen LogP contribution in [0.15, 0.2) is 36.4 Å². The summed E-state index contributed by atoms with van der Waals surface area (Å²) in [5.74, 6) is -0.186. The second-order valence-corrected chi connectivity index (χ2v) is 4.79. The Bertz CT molecular complexity index is 659. The Balaban J connectivity index is 2.34. The predicted molar refractivity (Wildman–Crippen MR) is 80.6 cm³/mol. The lowest BCUT2D eigenvalue weighted by Gasteiger charge is -2.14. The zero-order valence-corrected chi connectivity index (χ0v) is 12.3. The molecule has 0 aliphatic heterocycles. The van der Waals surface area contributed by atoms with Crippen LogP contribution in [0, 0.1) is 17.1 Å². The lowest BCUT2D eigenvalue weighted by atomic mass is 9.97. The molecule has 108 valence electrons. The summed E-state index contributed by atoms with van der Waals surface area (Å²) in [7, 11) is 0. The molecule has 0 aliphatic rings. The van der Waals surface area contributed by atoms with Crippen molar-refractivity contribution in [1.29, 1.82) is 5.26 Å². The molecule has 0 unspecified atom stereocenters. The van der Waals surface area contributed by atoms with Crippen molar-refractivity contribution in [2.45, 2.75) is 33.3 Å². The van der Waals surface area contributed by atoms with Gasteiger partial charge in [-0.05, 0) is 30.0 Å². The van der Waals surface area contributed by atoms with Crippen LogP contribution in [0.1, 0.15) is 36.1 Å². The maximum Gasteiger partial charge on any atom is 0.169 e. The summed E-state index contributed by atoms with van der Waals surface area (Å²) in [4.78, 5) is 0. The van der Waals surface area contributed by atoms with Crippen LogP contribution in [0.5, 0.6) is 5.75 Å². The standard InChI is InChI=1S/C18H18FNO/c1-3-14-10-17(18(19)15(4-2)16(14)11-20)21-12-13-8-6-5-7-9-13/h5-10H,3-4,12H2,1-2H3. The van der Waals surface area contributed by atoms with E-state index >= 15 is 0 Å². The molecule has 0 atom stereocenters. The summed E-state index contributed by atoms with van der Waals surface area (Å²) in [6, 6.07) is 13.4. The molecule has 2 nitrogen and oxygen atoms in total. The van der Waals surface area contributed by atoms with Gasteiger partial charge in [0.25, 0.3) is 0 Å². The lowest BCUT2D eigenvalue weighted by molar-refractivity contribution is 0.289. The number of hydrogen-bond donors (Lipinski definition) is 0. The largest absolute Gasteiger partial charge is 0.486 e. The van der Waals surface area contributed by atoms with E-state index < -0.39 is 5.82 Å². The summed E-state index contributed by atoms with van der Waals surface area (Å²) in [6.07, 6.45) is 1.15. The van der Waals surface area contributed by atoms with Crippen molar-refractivity contribution in [2.24, 2.45) is 0 Å². The Morgan fingerprint density at radius 2 is 1.86 bits per heavy atom. The first kappa shape index (κ1) is 15.1. The summed E-state index contributed by atoms with van der Waals surface area (Å²) in [5.41, 5.74) is 2.71. The van der Waals surface area contributed by atoms with Gasteiger partial charge in [0.1, 0.15) is 6.61 Å². The van der Waals surface area contributed by atoms with Crippen molar-refractivity contribution in [3.8, 4) is 11.8 Å². The number of benzene rings is 2. The minimum absolute atomic E-state index is 0.228. The Hall–Kier alpha value is -2.34. The van der Waals surface area contributed by atoms with Crippen molar-refractivity contribution in [2.75, 3.05) is 0 Å². The summed E-state index contributed by atoms with van der Waals surface area (Å²) in [6.45, 7) is 4.12. The van der Waals surface area contributed by atoms with Gasteiger partial charge in [-0.15, -0.1) is 0 Å². The summed E-state index contributed by atoms with van der Waals surface area (Å²) in [5, 5.41) is 9.23. The van der Waals surface area contributed by atoms with Crippen LogP contribution in [0.3, 0.4) is 0 Å². The van der Waals surface area contributed by atoms with Crippen LogP contribution in [0.25, 0.3) is 0 Å². The quantitative estimate of drug-likeness (QED) is 0.814. The average Bonchev–Trinajstić information content (AvgIpc) is 2.54. The fourth-order valence-corrected chi connectivity index (χ4v) is 2.34. The van der Waals surface area contributed by atoms with E-state index in [1.807, 2.05) is 44.2 Å². The van der Waals surface area contributed by atoms with E-state index in [1.54, 1.807) is 6.07 Å². The number of rotatable bonds is 5.